The van der Waals surface area contributed by atoms with Crippen molar-refractivity contribution in [3.05, 3.63) is 10.6 Å². The lowest BCUT2D eigenvalue weighted by molar-refractivity contribution is 0.378. The van der Waals surface area contributed by atoms with Crippen molar-refractivity contribution in [1.29, 1.82) is 0 Å². The fourth-order valence-electron chi connectivity index (χ4n) is 2.27. The van der Waals surface area contributed by atoms with Crippen molar-refractivity contribution in [3.63, 3.8) is 0 Å². The van der Waals surface area contributed by atoms with Crippen molar-refractivity contribution in [2.75, 3.05) is 5.32 Å². The van der Waals surface area contributed by atoms with Crippen molar-refractivity contribution in [3.8, 4) is 0 Å². The van der Waals surface area contributed by atoms with Crippen LogP contribution in [0.3, 0.4) is 0 Å². The summed E-state index contributed by atoms with van der Waals surface area (Å²) in [5, 5.41) is 4.67. The lowest BCUT2D eigenvalue weighted by Crippen LogP contribution is -2.17. The van der Waals surface area contributed by atoms with Gasteiger partial charge in [0.1, 0.15) is 0 Å². The molecule has 1 saturated carbocycles. The molecule has 1 aromatic rings. The number of aryl methyl sites for hydroxylation is 2. The first-order chi connectivity index (χ1) is 6.96. The molecule has 0 spiro atoms. The Kier molecular flexibility index (Phi) is 2.75. The highest BCUT2D eigenvalue weighted by Gasteiger charge is 2.31. The Hall–Kier alpha value is -0.570. The van der Waals surface area contributed by atoms with Gasteiger partial charge in [-0.25, -0.2) is 4.98 Å². The lowest BCUT2D eigenvalue weighted by Gasteiger charge is -2.17. The lowest BCUT2D eigenvalue weighted by atomic mass is 9.92. The maximum Gasteiger partial charge on any atom is 0.183 e. The van der Waals surface area contributed by atoms with Crippen LogP contribution in [0.5, 0.6) is 0 Å². The monoisotopic (exact) mass is 224 g/mol. The fourth-order valence-corrected chi connectivity index (χ4v) is 3.16. The Morgan fingerprint density at radius 3 is 2.60 bits per heavy atom. The van der Waals surface area contributed by atoms with E-state index in [0.717, 1.165) is 5.13 Å². The Bertz CT molecular complexity index is 335. The van der Waals surface area contributed by atoms with Gasteiger partial charge in [0.25, 0.3) is 0 Å². The van der Waals surface area contributed by atoms with Gasteiger partial charge in [-0.3, -0.25) is 0 Å². The molecular formula is C12H20N2S. The maximum atomic E-state index is 4.53. The molecule has 0 aromatic carbocycles. The second-order valence-corrected chi connectivity index (χ2v) is 6.61. The first-order valence-electron chi connectivity index (χ1n) is 5.67. The molecule has 2 nitrogen and oxygen atoms in total. The van der Waals surface area contributed by atoms with Gasteiger partial charge in [-0.15, -0.1) is 11.3 Å². The number of thiazole rings is 1. The van der Waals surface area contributed by atoms with Gasteiger partial charge in [0.2, 0.25) is 0 Å². The van der Waals surface area contributed by atoms with Crippen LogP contribution in [0.1, 0.15) is 43.7 Å². The Morgan fingerprint density at radius 2 is 2.13 bits per heavy atom. The fraction of sp³-hybridized carbons (Fsp3) is 0.750. The van der Waals surface area contributed by atoms with Gasteiger partial charge >= 0.3 is 0 Å². The molecule has 1 heterocycles. The van der Waals surface area contributed by atoms with E-state index < -0.39 is 0 Å². The zero-order valence-corrected chi connectivity index (χ0v) is 10.9. The molecule has 0 aliphatic heterocycles. The molecule has 1 aliphatic rings. The predicted molar refractivity (Wildman–Crippen MR) is 66.6 cm³/mol. The largest absolute Gasteiger partial charge is 0.359 e. The van der Waals surface area contributed by atoms with Gasteiger partial charge in [-0.05, 0) is 38.5 Å². The van der Waals surface area contributed by atoms with Crippen LogP contribution in [0, 0.1) is 19.3 Å². The number of hydrogen-bond acceptors (Lipinski definition) is 3. The summed E-state index contributed by atoms with van der Waals surface area (Å²) in [5.41, 5.74) is 1.68. The number of hydrogen-bond donors (Lipinski definition) is 1. The highest BCUT2D eigenvalue weighted by Crippen LogP contribution is 2.38. The average Bonchev–Trinajstić information content (AvgIpc) is 2.58. The summed E-state index contributed by atoms with van der Waals surface area (Å²) >= 11 is 1.78. The minimum Gasteiger partial charge on any atom is -0.359 e. The van der Waals surface area contributed by atoms with E-state index in [2.05, 4.69) is 38.0 Å². The van der Waals surface area contributed by atoms with Crippen molar-refractivity contribution in [2.45, 2.75) is 53.0 Å². The van der Waals surface area contributed by atoms with E-state index in [1.165, 1.54) is 29.8 Å². The average molecular weight is 224 g/mol. The maximum absolute atomic E-state index is 4.53. The summed E-state index contributed by atoms with van der Waals surface area (Å²) in [6.45, 7) is 8.92. The molecule has 0 amide bonds. The van der Waals surface area contributed by atoms with Crippen LogP contribution in [-0.2, 0) is 0 Å². The smallest absolute Gasteiger partial charge is 0.183 e. The molecule has 3 heteroatoms. The molecule has 1 aliphatic carbocycles. The van der Waals surface area contributed by atoms with Crippen LogP contribution in [0.25, 0.3) is 0 Å². The highest BCUT2D eigenvalue weighted by molar-refractivity contribution is 7.15. The van der Waals surface area contributed by atoms with Gasteiger partial charge in [-0.2, -0.15) is 0 Å². The van der Waals surface area contributed by atoms with E-state index >= 15 is 0 Å². The summed E-state index contributed by atoms with van der Waals surface area (Å²) in [6, 6.07) is 0.630. The van der Waals surface area contributed by atoms with E-state index in [-0.39, 0.29) is 0 Å². The number of rotatable bonds is 2. The highest BCUT2D eigenvalue weighted by atomic mass is 32.1. The van der Waals surface area contributed by atoms with Crippen LogP contribution < -0.4 is 5.32 Å². The third-order valence-corrected chi connectivity index (χ3v) is 4.33. The molecule has 1 fully saturated rings. The summed E-state index contributed by atoms with van der Waals surface area (Å²) in [4.78, 5) is 5.86. The molecule has 1 N–H and O–H groups in total. The normalized spacial score (nSPS) is 24.4. The Balaban J connectivity index is 1.98. The van der Waals surface area contributed by atoms with Gasteiger partial charge < -0.3 is 5.32 Å². The number of anilines is 1. The molecule has 15 heavy (non-hydrogen) atoms. The third-order valence-electron chi connectivity index (χ3n) is 3.32. The number of aromatic nitrogens is 1. The molecule has 0 saturated heterocycles. The van der Waals surface area contributed by atoms with Crippen molar-refractivity contribution < 1.29 is 0 Å². The van der Waals surface area contributed by atoms with E-state index in [4.69, 9.17) is 0 Å². The summed E-state index contributed by atoms with van der Waals surface area (Å²) in [5.74, 6) is 0. The third kappa shape index (κ3) is 2.51. The zero-order chi connectivity index (χ0) is 11.1. The van der Waals surface area contributed by atoms with Crippen molar-refractivity contribution >= 4 is 16.5 Å². The van der Waals surface area contributed by atoms with Gasteiger partial charge in [0.15, 0.2) is 5.13 Å². The zero-order valence-electron chi connectivity index (χ0n) is 10.1. The van der Waals surface area contributed by atoms with Crippen LogP contribution in [0.15, 0.2) is 0 Å². The summed E-state index contributed by atoms with van der Waals surface area (Å²) < 4.78 is 0. The molecule has 84 valence electrons. The van der Waals surface area contributed by atoms with E-state index in [1.54, 1.807) is 11.3 Å². The first-order valence-corrected chi connectivity index (χ1v) is 6.48. The predicted octanol–water partition coefficient (Wildman–Crippen LogP) is 3.75. The van der Waals surface area contributed by atoms with E-state index in [1.807, 2.05) is 0 Å². The number of nitrogens with zero attached hydrogens (tertiary/aromatic N) is 1. The second-order valence-electron chi connectivity index (χ2n) is 5.41. The molecule has 2 rings (SSSR count). The van der Waals surface area contributed by atoms with Gasteiger partial charge in [-0.1, -0.05) is 13.8 Å². The molecule has 1 aromatic heterocycles. The van der Waals surface area contributed by atoms with Crippen molar-refractivity contribution in [2.24, 2.45) is 5.41 Å². The standard InChI is InChI=1S/C12H20N2S/c1-8-9(2)15-11(13-8)14-10-5-6-12(3,4)7-10/h10H,5-7H2,1-4H3,(H,13,14). The molecular weight excluding hydrogens is 204 g/mol. The topological polar surface area (TPSA) is 24.9 Å². The van der Waals surface area contributed by atoms with Crippen molar-refractivity contribution in [1.82, 2.24) is 4.98 Å². The summed E-state index contributed by atoms with van der Waals surface area (Å²) in [7, 11) is 0. The molecule has 1 unspecified atom stereocenters. The quantitative estimate of drug-likeness (QED) is 0.827. The first kappa shape index (κ1) is 10.9. The van der Waals surface area contributed by atoms with E-state index in [0.29, 0.717) is 11.5 Å². The molecule has 0 radical (unpaired) electrons. The Labute approximate surface area is 96.1 Å². The molecule has 0 bridgehead atoms. The minimum absolute atomic E-state index is 0.513. The number of nitrogens with one attached hydrogen (secondary N) is 1. The van der Waals surface area contributed by atoms with Crippen LogP contribution in [-0.4, -0.2) is 11.0 Å². The summed E-state index contributed by atoms with van der Waals surface area (Å²) in [6.07, 6.45) is 3.88. The van der Waals surface area contributed by atoms with Crippen LogP contribution in [0.2, 0.25) is 0 Å². The van der Waals surface area contributed by atoms with Gasteiger partial charge in [0.05, 0.1) is 5.69 Å². The Morgan fingerprint density at radius 1 is 1.40 bits per heavy atom. The van der Waals surface area contributed by atoms with Crippen LogP contribution in [0.4, 0.5) is 5.13 Å². The van der Waals surface area contributed by atoms with Crippen LogP contribution >= 0.6 is 11.3 Å². The van der Waals surface area contributed by atoms with E-state index in [9.17, 15) is 0 Å². The SMILES string of the molecule is Cc1nc(NC2CCC(C)(C)C2)sc1C. The van der Waals surface area contributed by atoms with Gasteiger partial charge in [0, 0.05) is 10.9 Å². The molecule has 1 atom stereocenters. The minimum atomic E-state index is 0.513. The second kappa shape index (κ2) is 3.78.